The Morgan fingerprint density at radius 1 is 1.22 bits per heavy atom. The van der Waals surface area contributed by atoms with E-state index in [4.69, 9.17) is 16.4 Å². The van der Waals surface area contributed by atoms with Crippen LogP contribution in [0.4, 0.5) is 5.69 Å². The molecule has 142 valence electrons. The second-order valence-corrected chi connectivity index (χ2v) is 7.76. The van der Waals surface area contributed by atoms with Gasteiger partial charge >= 0.3 is 0 Å². The molecule has 0 saturated carbocycles. The molecule has 0 aromatic heterocycles. The molecule has 0 aliphatic carbocycles. The SMILES string of the molecule is O=C[C@H]1CC[C@H](C(Cc2ccc(Cl)cc2)[N+](=O)[O-])N(c2ccc(Br)cc2)O1. The monoisotopic (exact) mass is 452 g/mol. The van der Waals surface area contributed by atoms with Crippen LogP contribution in [0.15, 0.2) is 53.0 Å². The first-order valence-corrected chi connectivity index (χ1v) is 9.70. The Labute approximate surface area is 170 Å². The Morgan fingerprint density at radius 2 is 1.89 bits per heavy atom. The van der Waals surface area contributed by atoms with Gasteiger partial charge in [-0.2, -0.15) is 0 Å². The van der Waals surface area contributed by atoms with E-state index >= 15 is 0 Å². The van der Waals surface area contributed by atoms with E-state index in [1.807, 2.05) is 24.3 Å². The van der Waals surface area contributed by atoms with Crippen LogP contribution in [0, 0.1) is 10.1 Å². The number of nitro groups is 1. The van der Waals surface area contributed by atoms with Gasteiger partial charge in [-0.15, -0.1) is 0 Å². The topological polar surface area (TPSA) is 72.7 Å². The third-order valence-corrected chi connectivity index (χ3v) is 5.38. The maximum absolute atomic E-state index is 11.9. The van der Waals surface area contributed by atoms with Gasteiger partial charge in [0, 0.05) is 20.8 Å². The number of nitrogens with zero attached hydrogens (tertiary/aromatic N) is 2. The number of benzene rings is 2. The standard InChI is InChI=1S/C19H18BrClN2O4/c20-14-3-7-16(8-4-14)22-18(10-9-17(12-24)27-22)19(23(25)26)11-13-1-5-15(21)6-2-13/h1-8,12,17-19H,9-11H2/t17-,18-,19?/m1/s1. The number of carbonyl (C=O) groups excluding carboxylic acids is 1. The minimum absolute atomic E-state index is 0.247. The molecule has 0 N–H and O–H groups in total. The number of hydrogen-bond acceptors (Lipinski definition) is 5. The maximum atomic E-state index is 11.9. The number of anilines is 1. The minimum Gasteiger partial charge on any atom is -0.300 e. The lowest BCUT2D eigenvalue weighted by molar-refractivity contribution is -0.527. The van der Waals surface area contributed by atoms with Crippen molar-refractivity contribution in [2.24, 2.45) is 0 Å². The van der Waals surface area contributed by atoms with Crippen molar-refractivity contribution in [3.63, 3.8) is 0 Å². The molecule has 0 spiro atoms. The lowest BCUT2D eigenvalue weighted by atomic mass is 9.93. The van der Waals surface area contributed by atoms with Gasteiger partial charge in [0.05, 0.1) is 5.69 Å². The maximum Gasteiger partial charge on any atom is 0.239 e. The van der Waals surface area contributed by atoms with Crippen LogP contribution in [-0.2, 0) is 16.1 Å². The summed E-state index contributed by atoms with van der Waals surface area (Å²) in [4.78, 5) is 28.6. The predicted molar refractivity (Wildman–Crippen MR) is 107 cm³/mol. The van der Waals surface area contributed by atoms with Crippen LogP contribution in [0.3, 0.4) is 0 Å². The summed E-state index contributed by atoms with van der Waals surface area (Å²) in [5.74, 6) is 0. The Bertz CT molecular complexity index is 800. The first-order valence-electron chi connectivity index (χ1n) is 8.52. The smallest absolute Gasteiger partial charge is 0.239 e. The molecule has 1 heterocycles. The molecular formula is C19H18BrClN2O4. The van der Waals surface area contributed by atoms with E-state index in [0.717, 1.165) is 16.3 Å². The first-order chi connectivity index (χ1) is 13.0. The van der Waals surface area contributed by atoms with E-state index in [1.54, 1.807) is 24.3 Å². The fraction of sp³-hybridized carbons (Fsp3) is 0.316. The van der Waals surface area contributed by atoms with Crippen molar-refractivity contribution < 1.29 is 14.6 Å². The van der Waals surface area contributed by atoms with Gasteiger partial charge in [-0.1, -0.05) is 39.7 Å². The largest absolute Gasteiger partial charge is 0.300 e. The lowest BCUT2D eigenvalue weighted by Crippen LogP contribution is -2.53. The van der Waals surface area contributed by atoms with E-state index in [1.165, 1.54) is 5.06 Å². The van der Waals surface area contributed by atoms with E-state index in [-0.39, 0.29) is 11.3 Å². The summed E-state index contributed by atoms with van der Waals surface area (Å²) in [6, 6.07) is 12.9. The molecule has 27 heavy (non-hydrogen) atoms. The number of aldehydes is 1. The van der Waals surface area contributed by atoms with Gasteiger partial charge < -0.3 is 4.79 Å². The van der Waals surface area contributed by atoms with Crippen molar-refractivity contribution >= 4 is 39.5 Å². The molecule has 0 bridgehead atoms. The van der Waals surface area contributed by atoms with Crippen molar-refractivity contribution in [2.75, 3.05) is 5.06 Å². The van der Waals surface area contributed by atoms with Crippen molar-refractivity contribution in [3.05, 3.63) is 73.7 Å². The van der Waals surface area contributed by atoms with E-state index in [2.05, 4.69) is 15.9 Å². The molecule has 3 atom stereocenters. The molecule has 0 amide bonds. The average molecular weight is 454 g/mol. The number of halogens is 2. The molecule has 8 heteroatoms. The molecular weight excluding hydrogens is 436 g/mol. The van der Waals surface area contributed by atoms with E-state index < -0.39 is 18.2 Å². The number of hydroxylamine groups is 1. The third-order valence-electron chi connectivity index (χ3n) is 4.60. The number of carbonyl (C=O) groups is 1. The van der Waals surface area contributed by atoms with Gasteiger partial charge in [0.25, 0.3) is 0 Å². The molecule has 1 aliphatic heterocycles. The number of hydrogen-bond donors (Lipinski definition) is 0. The Kier molecular flexibility index (Phi) is 6.46. The zero-order chi connectivity index (χ0) is 19.4. The summed E-state index contributed by atoms with van der Waals surface area (Å²) >= 11 is 9.29. The molecule has 1 fully saturated rings. The highest BCUT2D eigenvalue weighted by molar-refractivity contribution is 9.10. The summed E-state index contributed by atoms with van der Waals surface area (Å²) in [7, 11) is 0. The molecule has 2 aromatic carbocycles. The highest BCUT2D eigenvalue weighted by Crippen LogP contribution is 2.31. The predicted octanol–water partition coefficient (Wildman–Crippen LogP) is 4.46. The van der Waals surface area contributed by atoms with Crippen LogP contribution >= 0.6 is 27.5 Å². The van der Waals surface area contributed by atoms with Crippen LogP contribution < -0.4 is 5.06 Å². The highest BCUT2D eigenvalue weighted by atomic mass is 79.9. The van der Waals surface area contributed by atoms with E-state index in [0.29, 0.717) is 23.6 Å². The fourth-order valence-electron chi connectivity index (χ4n) is 3.22. The van der Waals surface area contributed by atoms with Gasteiger partial charge in [-0.05, 0) is 54.8 Å². The first kappa shape index (κ1) is 19.8. The normalized spacial score (nSPS) is 20.9. The van der Waals surface area contributed by atoms with Crippen LogP contribution in [0.1, 0.15) is 18.4 Å². The van der Waals surface area contributed by atoms with Gasteiger partial charge in [-0.25, -0.2) is 5.06 Å². The van der Waals surface area contributed by atoms with Crippen molar-refractivity contribution in [2.45, 2.75) is 37.5 Å². The highest BCUT2D eigenvalue weighted by Gasteiger charge is 2.41. The van der Waals surface area contributed by atoms with Crippen LogP contribution in [0.2, 0.25) is 5.02 Å². The molecule has 0 radical (unpaired) electrons. The van der Waals surface area contributed by atoms with Gasteiger partial charge in [0.1, 0.15) is 12.1 Å². The Balaban J connectivity index is 1.89. The summed E-state index contributed by atoms with van der Waals surface area (Å²) < 4.78 is 0.888. The van der Waals surface area contributed by atoms with Crippen LogP contribution in [0.25, 0.3) is 0 Å². The number of rotatable bonds is 6. The summed E-state index contributed by atoms with van der Waals surface area (Å²) in [5, 5.41) is 14.0. The van der Waals surface area contributed by atoms with Gasteiger partial charge in [0.2, 0.25) is 6.04 Å². The molecule has 1 aliphatic rings. The zero-order valence-electron chi connectivity index (χ0n) is 14.3. The van der Waals surface area contributed by atoms with Gasteiger partial charge in [0.15, 0.2) is 6.29 Å². The van der Waals surface area contributed by atoms with Crippen LogP contribution in [0.5, 0.6) is 0 Å². The van der Waals surface area contributed by atoms with E-state index in [9.17, 15) is 14.9 Å². The van der Waals surface area contributed by atoms with Crippen molar-refractivity contribution in [1.82, 2.24) is 0 Å². The summed E-state index contributed by atoms with van der Waals surface area (Å²) in [5.41, 5.74) is 1.51. The van der Waals surface area contributed by atoms with Crippen molar-refractivity contribution in [3.8, 4) is 0 Å². The second-order valence-electron chi connectivity index (χ2n) is 6.41. The quantitative estimate of drug-likeness (QED) is 0.367. The lowest BCUT2D eigenvalue weighted by Gasteiger charge is -2.39. The zero-order valence-corrected chi connectivity index (χ0v) is 16.7. The minimum atomic E-state index is -0.887. The second kappa shape index (κ2) is 8.82. The summed E-state index contributed by atoms with van der Waals surface area (Å²) in [6.45, 7) is 0. The third kappa shape index (κ3) is 4.86. The Morgan fingerprint density at radius 3 is 2.48 bits per heavy atom. The molecule has 3 rings (SSSR count). The molecule has 6 nitrogen and oxygen atoms in total. The Hall–Kier alpha value is -1.96. The van der Waals surface area contributed by atoms with Crippen LogP contribution in [-0.4, -0.2) is 29.4 Å². The summed E-state index contributed by atoms with van der Waals surface area (Å²) in [6.07, 6.45) is 1.32. The molecule has 2 aromatic rings. The average Bonchev–Trinajstić information content (AvgIpc) is 2.67. The van der Waals surface area contributed by atoms with Gasteiger partial charge in [-0.3, -0.25) is 15.0 Å². The molecule has 1 unspecified atom stereocenters. The molecule has 1 saturated heterocycles. The van der Waals surface area contributed by atoms with Crippen molar-refractivity contribution in [1.29, 1.82) is 0 Å². The fourth-order valence-corrected chi connectivity index (χ4v) is 3.61.